The Morgan fingerprint density at radius 3 is 2.53 bits per heavy atom. The summed E-state index contributed by atoms with van der Waals surface area (Å²) in [4.78, 5) is 56.6. The fraction of sp³-hybridized carbons (Fsp3) is 0.257. The molecule has 8 heteroatoms. The smallest absolute Gasteiger partial charge is 0.234 e. The van der Waals surface area contributed by atoms with Crippen LogP contribution in [0.25, 0.3) is 0 Å². The lowest BCUT2D eigenvalue weighted by Crippen LogP contribution is -2.39. The molecule has 1 aromatic heterocycles. The number of aromatic hydroxyl groups is 1. The van der Waals surface area contributed by atoms with Gasteiger partial charge in [-0.1, -0.05) is 54.1 Å². The maximum absolute atomic E-state index is 13.9. The Kier molecular flexibility index (Phi) is 6.73. The number of amides is 2. The van der Waals surface area contributed by atoms with E-state index in [2.05, 4.69) is 0 Å². The highest BCUT2D eigenvalue weighted by Gasteiger charge is 2.56. The molecule has 1 aliphatic heterocycles. The lowest BCUT2D eigenvalue weighted by Gasteiger charge is -2.42. The predicted molar refractivity (Wildman–Crippen MR) is 160 cm³/mol. The third-order valence-corrected chi connectivity index (χ3v) is 9.97. The number of allylic oxidation sites excluding steroid dienone is 6. The molecule has 0 bridgehead atoms. The van der Waals surface area contributed by atoms with Crippen molar-refractivity contribution in [1.82, 2.24) is 4.90 Å². The summed E-state index contributed by atoms with van der Waals surface area (Å²) in [7, 11) is 0. The van der Waals surface area contributed by atoms with Gasteiger partial charge in [-0.05, 0) is 54.8 Å². The first-order chi connectivity index (χ1) is 20.8. The second kappa shape index (κ2) is 10.6. The number of hydrogen-bond acceptors (Lipinski definition) is 7. The number of thiophene rings is 1. The van der Waals surface area contributed by atoms with Crippen LogP contribution in [0.3, 0.4) is 0 Å². The summed E-state index contributed by atoms with van der Waals surface area (Å²) in [5.41, 5.74) is 3.33. The summed E-state index contributed by atoms with van der Waals surface area (Å²) >= 11 is 1.50. The first-order valence-corrected chi connectivity index (χ1v) is 15.3. The molecule has 216 valence electrons. The molecule has 3 aromatic rings. The summed E-state index contributed by atoms with van der Waals surface area (Å²) in [6.45, 7) is 2.17. The van der Waals surface area contributed by atoms with E-state index < -0.39 is 23.7 Å². The number of rotatable bonds is 6. The van der Waals surface area contributed by atoms with Crippen molar-refractivity contribution in [2.45, 2.75) is 38.8 Å². The van der Waals surface area contributed by atoms with Gasteiger partial charge in [0.25, 0.3) is 0 Å². The zero-order valence-corrected chi connectivity index (χ0v) is 24.3. The number of nitrogens with zero attached hydrogens (tertiary/aromatic N) is 1. The van der Waals surface area contributed by atoms with Crippen molar-refractivity contribution in [2.75, 3.05) is 0 Å². The molecule has 4 unspecified atom stereocenters. The Labute approximate surface area is 252 Å². The minimum absolute atomic E-state index is 0.0641. The first kappa shape index (κ1) is 27.3. The second-order valence-corrected chi connectivity index (χ2v) is 12.6. The summed E-state index contributed by atoms with van der Waals surface area (Å²) in [6, 6.07) is 18.5. The lowest BCUT2D eigenvalue weighted by molar-refractivity contribution is -0.140. The van der Waals surface area contributed by atoms with Crippen LogP contribution in [0.4, 0.5) is 0 Å². The first-order valence-electron chi connectivity index (χ1n) is 14.4. The van der Waals surface area contributed by atoms with Gasteiger partial charge in [0.15, 0.2) is 11.6 Å². The molecule has 2 aromatic carbocycles. The number of Topliss-reactive ketones (excluding diaryl/α,β-unsaturated/α-hetero) is 1. The van der Waals surface area contributed by atoms with Crippen molar-refractivity contribution in [3.63, 3.8) is 0 Å². The van der Waals surface area contributed by atoms with Crippen LogP contribution in [-0.2, 0) is 32.3 Å². The molecule has 7 rings (SSSR count). The van der Waals surface area contributed by atoms with Crippen LogP contribution in [0.2, 0.25) is 0 Å². The van der Waals surface area contributed by atoms with E-state index >= 15 is 0 Å². The molecule has 1 saturated heterocycles. The number of carbonyl (C=O) groups is 4. The molecule has 0 saturated carbocycles. The van der Waals surface area contributed by atoms with Crippen LogP contribution < -0.4 is 4.74 Å². The topological polar surface area (TPSA) is 101 Å². The molecule has 7 nitrogen and oxygen atoms in total. The van der Waals surface area contributed by atoms with E-state index in [-0.39, 0.29) is 42.1 Å². The molecule has 0 spiro atoms. The fourth-order valence-electron chi connectivity index (χ4n) is 7.12. The molecular weight excluding hydrogens is 562 g/mol. The molecular formula is C35H29NO6S. The number of phenolic OH excluding ortho intramolecular Hbond substituents is 1. The molecule has 2 amide bonds. The molecule has 0 radical (unpaired) electrons. The third-order valence-electron chi connectivity index (χ3n) is 9.11. The van der Waals surface area contributed by atoms with Gasteiger partial charge in [0, 0.05) is 39.1 Å². The fourth-order valence-corrected chi connectivity index (χ4v) is 7.81. The number of hydrogen-bond donors (Lipinski definition) is 1. The zero-order valence-electron chi connectivity index (χ0n) is 23.5. The van der Waals surface area contributed by atoms with E-state index in [1.807, 2.05) is 53.9 Å². The van der Waals surface area contributed by atoms with Gasteiger partial charge in [-0.3, -0.25) is 24.1 Å². The normalized spacial score (nSPS) is 24.8. The van der Waals surface area contributed by atoms with E-state index in [0.717, 1.165) is 16.0 Å². The van der Waals surface area contributed by atoms with Crippen LogP contribution in [0.15, 0.2) is 100 Å². The van der Waals surface area contributed by atoms with Crippen LogP contribution in [0.1, 0.15) is 41.7 Å². The van der Waals surface area contributed by atoms with Crippen molar-refractivity contribution in [1.29, 1.82) is 0 Å². The van der Waals surface area contributed by atoms with Gasteiger partial charge in [-0.15, -0.1) is 11.3 Å². The SMILES string of the molecule is CC1=CC(=O)C2=C(CC3C(=CCC4C(=O)N(Cc5cccs5)C(=O)C43)C2c2ccc(OCc3ccccc3)cc2O)C1=O. The molecule has 43 heavy (non-hydrogen) atoms. The Morgan fingerprint density at radius 2 is 1.79 bits per heavy atom. The van der Waals surface area contributed by atoms with E-state index in [4.69, 9.17) is 4.74 Å². The molecule has 4 atom stereocenters. The van der Waals surface area contributed by atoms with Crippen LogP contribution in [0, 0.1) is 17.8 Å². The summed E-state index contributed by atoms with van der Waals surface area (Å²) < 4.78 is 5.91. The Morgan fingerprint density at radius 1 is 0.977 bits per heavy atom. The molecule has 3 aliphatic carbocycles. The average Bonchev–Trinajstić information content (AvgIpc) is 3.61. The maximum atomic E-state index is 13.9. The minimum atomic E-state index is -0.715. The van der Waals surface area contributed by atoms with Gasteiger partial charge in [-0.25, -0.2) is 0 Å². The van der Waals surface area contributed by atoms with Gasteiger partial charge in [0.1, 0.15) is 18.1 Å². The number of carbonyl (C=O) groups excluding carboxylic acids is 4. The van der Waals surface area contributed by atoms with E-state index in [1.54, 1.807) is 19.1 Å². The highest BCUT2D eigenvalue weighted by atomic mass is 32.1. The number of benzene rings is 2. The van der Waals surface area contributed by atoms with E-state index in [0.29, 0.717) is 41.1 Å². The van der Waals surface area contributed by atoms with Crippen LogP contribution >= 0.6 is 11.3 Å². The number of fused-ring (bicyclic) bond motifs is 3. The van der Waals surface area contributed by atoms with Gasteiger partial charge in [0.2, 0.25) is 11.8 Å². The second-order valence-electron chi connectivity index (χ2n) is 11.6. The summed E-state index contributed by atoms with van der Waals surface area (Å²) in [5.74, 6) is -2.83. The zero-order chi connectivity index (χ0) is 29.8. The van der Waals surface area contributed by atoms with Gasteiger partial charge in [0.05, 0.1) is 18.4 Å². The van der Waals surface area contributed by atoms with Crippen molar-refractivity contribution >= 4 is 34.7 Å². The minimum Gasteiger partial charge on any atom is -0.507 e. The predicted octanol–water partition coefficient (Wildman–Crippen LogP) is 5.66. The average molecular weight is 592 g/mol. The van der Waals surface area contributed by atoms with Gasteiger partial charge in [-0.2, -0.15) is 0 Å². The van der Waals surface area contributed by atoms with Crippen LogP contribution in [-0.4, -0.2) is 33.4 Å². The van der Waals surface area contributed by atoms with Gasteiger partial charge >= 0.3 is 0 Å². The number of imide groups is 1. The standard InChI is InChI=1S/C35H29NO6S/c1-19-14-29(38)32-27(33(19)39)16-26-23(11-12-25-31(26)35(41)36(34(25)40)17-22-8-5-13-43-22)30(32)24-10-9-21(15-28(24)37)42-18-20-6-3-2-4-7-20/h2-11,13-15,25-26,30-31,37H,12,16-18H2,1H3. The van der Waals surface area contributed by atoms with Crippen molar-refractivity contribution in [3.05, 3.63) is 116 Å². The molecule has 1 N–H and O–H groups in total. The van der Waals surface area contributed by atoms with E-state index in [9.17, 15) is 24.3 Å². The lowest BCUT2D eigenvalue weighted by atomic mass is 9.59. The summed E-state index contributed by atoms with van der Waals surface area (Å²) in [5, 5.41) is 13.2. The number of phenols is 1. The highest BCUT2D eigenvalue weighted by molar-refractivity contribution is 7.09. The monoisotopic (exact) mass is 591 g/mol. The maximum Gasteiger partial charge on any atom is 0.234 e. The Balaban J connectivity index is 1.26. The highest BCUT2D eigenvalue weighted by Crippen LogP contribution is 2.56. The Hall–Kier alpha value is -4.56. The van der Waals surface area contributed by atoms with Crippen molar-refractivity contribution in [2.24, 2.45) is 17.8 Å². The number of likely N-dealkylation sites (tertiary alicyclic amines) is 1. The third kappa shape index (κ3) is 4.57. The largest absolute Gasteiger partial charge is 0.507 e. The van der Waals surface area contributed by atoms with Crippen molar-refractivity contribution in [3.8, 4) is 11.5 Å². The molecule has 1 fully saturated rings. The Bertz CT molecular complexity index is 1770. The molecule has 4 aliphatic rings. The van der Waals surface area contributed by atoms with Crippen molar-refractivity contribution < 1.29 is 29.0 Å². The number of ketones is 2. The number of ether oxygens (including phenoxy) is 1. The van der Waals surface area contributed by atoms with E-state index in [1.165, 1.54) is 28.4 Å². The van der Waals surface area contributed by atoms with Gasteiger partial charge < -0.3 is 9.84 Å². The quantitative estimate of drug-likeness (QED) is 0.226. The molecule has 2 heterocycles. The summed E-state index contributed by atoms with van der Waals surface area (Å²) in [6.07, 6.45) is 3.89. The van der Waals surface area contributed by atoms with Crippen LogP contribution in [0.5, 0.6) is 11.5 Å².